The quantitative estimate of drug-likeness (QED) is 0.790. The molecule has 0 aliphatic heterocycles. The molecule has 0 aliphatic rings. The van der Waals surface area contributed by atoms with Crippen molar-refractivity contribution in [2.75, 3.05) is 0 Å². The molecule has 0 amide bonds. The molecule has 1 radical (unpaired) electrons. The Morgan fingerprint density at radius 3 is 2.65 bits per heavy atom. The van der Waals surface area contributed by atoms with E-state index in [-0.39, 0.29) is 5.56 Å². The minimum Gasteiger partial charge on any atom is -0.457 e. The molecule has 0 bridgehead atoms. The van der Waals surface area contributed by atoms with Crippen LogP contribution in [0.15, 0.2) is 53.3 Å². The summed E-state index contributed by atoms with van der Waals surface area (Å²) < 4.78 is 5.74. The van der Waals surface area contributed by atoms with Gasteiger partial charge in [-0.2, -0.15) is 0 Å². The molecule has 99 valence electrons. The van der Waals surface area contributed by atoms with Gasteiger partial charge >= 0.3 is 0 Å². The zero-order chi connectivity index (χ0) is 13.9. The standard InChI is InChI=1S/C16H13N2O2/c1-2-15-17-14-10-12(8-9-13(14)16(19)18-15)20-11-6-4-3-5-7-11/h2-10H,1H3,(H,17,18,19). The summed E-state index contributed by atoms with van der Waals surface area (Å²) in [6.07, 6.45) is 1.76. The van der Waals surface area contributed by atoms with Crippen LogP contribution in [0.5, 0.6) is 11.5 Å². The maximum atomic E-state index is 11.9. The number of nitrogens with one attached hydrogen (secondary N) is 1. The van der Waals surface area contributed by atoms with Crippen molar-refractivity contribution < 1.29 is 4.74 Å². The molecule has 1 N–H and O–H groups in total. The lowest BCUT2D eigenvalue weighted by molar-refractivity contribution is 0.483. The SMILES string of the molecule is C[CH]c1nc2cc(Oc3ccccc3)ccc2c(=O)[nH]1. The largest absolute Gasteiger partial charge is 0.457 e. The first-order valence-electron chi connectivity index (χ1n) is 6.32. The van der Waals surface area contributed by atoms with Crippen LogP contribution in [0.3, 0.4) is 0 Å². The third-order valence-corrected chi connectivity index (χ3v) is 2.95. The van der Waals surface area contributed by atoms with E-state index in [1.165, 1.54) is 0 Å². The van der Waals surface area contributed by atoms with E-state index < -0.39 is 0 Å². The lowest BCUT2D eigenvalue weighted by Gasteiger charge is -2.06. The molecular formula is C16H13N2O2. The number of aromatic nitrogens is 2. The molecule has 4 heteroatoms. The van der Waals surface area contributed by atoms with Crippen molar-refractivity contribution in [1.29, 1.82) is 0 Å². The number of benzene rings is 2. The Hall–Kier alpha value is -2.62. The van der Waals surface area contributed by atoms with Crippen molar-refractivity contribution in [2.24, 2.45) is 0 Å². The first-order chi connectivity index (χ1) is 9.76. The predicted octanol–water partition coefficient (Wildman–Crippen LogP) is 3.29. The van der Waals surface area contributed by atoms with Crippen LogP contribution in [0.1, 0.15) is 12.7 Å². The molecule has 0 saturated carbocycles. The van der Waals surface area contributed by atoms with Crippen LogP contribution in [0, 0.1) is 6.42 Å². The van der Waals surface area contributed by atoms with Crippen LogP contribution in [0.25, 0.3) is 10.9 Å². The normalized spacial score (nSPS) is 10.7. The van der Waals surface area contributed by atoms with Crippen molar-refractivity contribution in [3.05, 3.63) is 71.1 Å². The van der Waals surface area contributed by atoms with E-state index in [1.807, 2.05) is 37.3 Å². The minimum absolute atomic E-state index is 0.144. The fraction of sp³-hybridized carbons (Fsp3) is 0.0625. The van der Waals surface area contributed by atoms with Crippen LogP contribution in [-0.4, -0.2) is 9.97 Å². The Bertz CT molecular complexity index is 794. The van der Waals surface area contributed by atoms with Crippen LogP contribution >= 0.6 is 0 Å². The third kappa shape index (κ3) is 2.40. The molecule has 4 nitrogen and oxygen atoms in total. The summed E-state index contributed by atoms with van der Waals surface area (Å²) in [7, 11) is 0. The highest BCUT2D eigenvalue weighted by molar-refractivity contribution is 5.79. The lowest BCUT2D eigenvalue weighted by atomic mass is 10.2. The van der Waals surface area contributed by atoms with Crippen LogP contribution in [0.4, 0.5) is 0 Å². The average molecular weight is 265 g/mol. The Labute approximate surface area is 116 Å². The molecule has 3 rings (SSSR count). The van der Waals surface area contributed by atoms with Gasteiger partial charge in [0.2, 0.25) is 0 Å². The number of fused-ring (bicyclic) bond motifs is 1. The first kappa shape index (κ1) is 12.4. The lowest BCUT2D eigenvalue weighted by Crippen LogP contribution is -2.10. The van der Waals surface area contributed by atoms with Crippen molar-refractivity contribution >= 4 is 10.9 Å². The molecule has 0 aliphatic carbocycles. The highest BCUT2D eigenvalue weighted by Crippen LogP contribution is 2.23. The van der Waals surface area contributed by atoms with E-state index in [0.29, 0.717) is 22.5 Å². The molecule has 2 aromatic carbocycles. The molecule has 1 heterocycles. The minimum atomic E-state index is -0.144. The summed E-state index contributed by atoms with van der Waals surface area (Å²) in [5.74, 6) is 1.96. The Morgan fingerprint density at radius 2 is 1.90 bits per heavy atom. The van der Waals surface area contributed by atoms with Gasteiger partial charge in [0, 0.05) is 12.5 Å². The first-order valence-corrected chi connectivity index (χ1v) is 6.32. The molecule has 20 heavy (non-hydrogen) atoms. The number of hydrogen-bond donors (Lipinski definition) is 1. The number of rotatable bonds is 3. The van der Waals surface area contributed by atoms with Crippen LogP contribution < -0.4 is 10.3 Å². The van der Waals surface area contributed by atoms with Gasteiger partial charge in [-0.3, -0.25) is 4.79 Å². The molecule has 0 saturated heterocycles. The second-order valence-corrected chi connectivity index (χ2v) is 4.33. The monoisotopic (exact) mass is 265 g/mol. The van der Waals surface area contributed by atoms with E-state index >= 15 is 0 Å². The van der Waals surface area contributed by atoms with Crippen molar-refractivity contribution in [3.63, 3.8) is 0 Å². The van der Waals surface area contributed by atoms with Crippen molar-refractivity contribution in [2.45, 2.75) is 6.92 Å². The van der Waals surface area contributed by atoms with Gasteiger partial charge in [0.1, 0.15) is 17.3 Å². The predicted molar refractivity (Wildman–Crippen MR) is 78.0 cm³/mol. The summed E-state index contributed by atoms with van der Waals surface area (Å²) in [4.78, 5) is 18.9. The number of H-pyrrole nitrogens is 1. The fourth-order valence-electron chi connectivity index (χ4n) is 1.96. The Kier molecular flexibility index (Phi) is 3.21. The van der Waals surface area contributed by atoms with Crippen molar-refractivity contribution in [3.8, 4) is 11.5 Å². The van der Waals surface area contributed by atoms with Gasteiger partial charge in [-0.25, -0.2) is 4.98 Å². The number of nitrogens with zero attached hydrogens (tertiary/aromatic N) is 1. The number of hydrogen-bond acceptors (Lipinski definition) is 3. The molecule has 0 spiro atoms. The third-order valence-electron chi connectivity index (χ3n) is 2.95. The second kappa shape index (κ2) is 5.17. The summed E-state index contributed by atoms with van der Waals surface area (Å²) in [6.45, 7) is 1.83. The summed E-state index contributed by atoms with van der Waals surface area (Å²) in [5.41, 5.74) is 0.477. The van der Waals surface area contributed by atoms with Gasteiger partial charge in [-0.05, 0) is 24.3 Å². The molecular weight excluding hydrogens is 252 g/mol. The Balaban J connectivity index is 2.04. The highest BCUT2D eigenvalue weighted by Gasteiger charge is 2.05. The number of aromatic amines is 1. The van der Waals surface area contributed by atoms with Crippen molar-refractivity contribution in [1.82, 2.24) is 9.97 Å². The smallest absolute Gasteiger partial charge is 0.258 e. The van der Waals surface area contributed by atoms with Crippen LogP contribution in [-0.2, 0) is 0 Å². The maximum absolute atomic E-state index is 11.9. The van der Waals surface area contributed by atoms with Gasteiger partial charge in [0.15, 0.2) is 0 Å². The average Bonchev–Trinajstić information content (AvgIpc) is 2.48. The van der Waals surface area contributed by atoms with E-state index in [1.54, 1.807) is 24.6 Å². The van der Waals surface area contributed by atoms with Gasteiger partial charge < -0.3 is 9.72 Å². The zero-order valence-corrected chi connectivity index (χ0v) is 11.0. The summed E-state index contributed by atoms with van der Waals surface area (Å²) in [6, 6.07) is 14.7. The molecule has 1 aromatic heterocycles. The number of para-hydroxylation sites is 1. The van der Waals surface area contributed by atoms with E-state index in [2.05, 4.69) is 9.97 Å². The second-order valence-electron chi connectivity index (χ2n) is 4.33. The van der Waals surface area contributed by atoms with Gasteiger partial charge in [0.25, 0.3) is 5.56 Å². The fourth-order valence-corrected chi connectivity index (χ4v) is 1.96. The maximum Gasteiger partial charge on any atom is 0.258 e. The summed E-state index contributed by atoms with van der Waals surface area (Å²) >= 11 is 0. The van der Waals surface area contributed by atoms with Crippen LogP contribution in [0.2, 0.25) is 0 Å². The number of ether oxygens (including phenoxy) is 1. The van der Waals surface area contributed by atoms with E-state index in [9.17, 15) is 4.79 Å². The van der Waals surface area contributed by atoms with Gasteiger partial charge in [-0.15, -0.1) is 0 Å². The van der Waals surface area contributed by atoms with E-state index in [4.69, 9.17) is 4.74 Å². The molecule has 0 unspecified atom stereocenters. The summed E-state index contributed by atoms with van der Waals surface area (Å²) in [5, 5.41) is 0.552. The van der Waals surface area contributed by atoms with Gasteiger partial charge in [0.05, 0.1) is 10.9 Å². The Morgan fingerprint density at radius 1 is 1.10 bits per heavy atom. The van der Waals surface area contributed by atoms with Gasteiger partial charge in [-0.1, -0.05) is 25.1 Å². The topological polar surface area (TPSA) is 55.0 Å². The highest BCUT2D eigenvalue weighted by atomic mass is 16.5. The molecule has 0 fully saturated rings. The molecule has 0 atom stereocenters. The van der Waals surface area contributed by atoms with E-state index in [0.717, 1.165) is 5.75 Å². The molecule has 3 aromatic rings. The zero-order valence-electron chi connectivity index (χ0n) is 11.0.